The predicted molar refractivity (Wildman–Crippen MR) is 67.6 cm³/mol. The van der Waals surface area contributed by atoms with Crippen LogP contribution < -0.4 is 4.74 Å². The number of carbonyl (C=O) groups excluding carboxylic acids is 1. The smallest absolute Gasteiger partial charge is 0.311 e. The molecule has 0 aliphatic carbocycles. The number of rotatable bonds is 5. The summed E-state index contributed by atoms with van der Waals surface area (Å²) in [7, 11) is 0. The average Bonchev–Trinajstić information content (AvgIpc) is 2.89. The third-order valence-electron chi connectivity index (χ3n) is 3.01. The molecule has 0 saturated carbocycles. The van der Waals surface area contributed by atoms with Gasteiger partial charge in [0.25, 0.3) is 0 Å². The van der Waals surface area contributed by atoms with Crippen LogP contribution in [-0.4, -0.2) is 30.0 Å². The SMILES string of the molecule is CC(=O)c1ccc(OCC2CCCO2)c([N+](=O)[O-])c1. The van der Waals surface area contributed by atoms with Gasteiger partial charge in [-0.15, -0.1) is 0 Å². The normalized spacial score (nSPS) is 18.3. The molecule has 0 bridgehead atoms. The van der Waals surface area contributed by atoms with E-state index in [1.165, 1.54) is 25.1 Å². The first-order valence-corrected chi connectivity index (χ1v) is 6.11. The number of ether oxygens (including phenoxy) is 2. The van der Waals surface area contributed by atoms with Gasteiger partial charge in [0, 0.05) is 18.2 Å². The molecule has 6 heteroatoms. The zero-order valence-electron chi connectivity index (χ0n) is 10.6. The van der Waals surface area contributed by atoms with Crippen molar-refractivity contribution in [2.24, 2.45) is 0 Å². The fourth-order valence-electron chi connectivity index (χ4n) is 1.96. The molecule has 0 amide bonds. The molecule has 19 heavy (non-hydrogen) atoms. The van der Waals surface area contributed by atoms with E-state index in [-0.39, 0.29) is 23.3 Å². The molecule has 1 aliphatic rings. The Morgan fingerprint density at radius 2 is 2.37 bits per heavy atom. The standard InChI is InChI=1S/C13H15NO5/c1-9(15)10-4-5-13(12(7-10)14(16)17)19-8-11-3-2-6-18-11/h4-5,7,11H,2-3,6,8H2,1H3. The van der Waals surface area contributed by atoms with E-state index in [1.54, 1.807) is 0 Å². The molecule has 0 N–H and O–H groups in total. The highest BCUT2D eigenvalue weighted by atomic mass is 16.6. The summed E-state index contributed by atoms with van der Waals surface area (Å²) in [5.41, 5.74) is 0.113. The molecule has 1 aromatic rings. The van der Waals surface area contributed by atoms with Gasteiger partial charge in [-0.3, -0.25) is 14.9 Å². The van der Waals surface area contributed by atoms with Crippen molar-refractivity contribution in [3.63, 3.8) is 0 Å². The van der Waals surface area contributed by atoms with E-state index in [0.29, 0.717) is 18.8 Å². The lowest BCUT2D eigenvalue weighted by Crippen LogP contribution is -2.16. The van der Waals surface area contributed by atoms with Crippen LogP contribution in [0.15, 0.2) is 18.2 Å². The van der Waals surface area contributed by atoms with Crippen LogP contribution in [0.25, 0.3) is 0 Å². The number of nitro groups is 1. The summed E-state index contributed by atoms with van der Waals surface area (Å²) in [6.45, 7) is 2.37. The van der Waals surface area contributed by atoms with Crippen molar-refractivity contribution >= 4 is 11.5 Å². The third-order valence-corrected chi connectivity index (χ3v) is 3.01. The molecule has 0 radical (unpaired) electrons. The lowest BCUT2D eigenvalue weighted by atomic mass is 10.1. The molecule has 1 fully saturated rings. The second kappa shape index (κ2) is 5.79. The molecule has 1 heterocycles. The summed E-state index contributed by atoms with van der Waals surface area (Å²) in [5, 5.41) is 11.0. The molecule has 0 aromatic heterocycles. The number of benzene rings is 1. The maximum atomic E-state index is 11.2. The first-order chi connectivity index (χ1) is 9.08. The van der Waals surface area contributed by atoms with E-state index in [9.17, 15) is 14.9 Å². The molecule has 1 aromatic carbocycles. The number of Topliss-reactive ketones (excluding diaryl/α,β-unsaturated/α-hetero) is 1. The highest BCUT2D eigenvalue weighted by Gasteiger charge is 2.21. The molecular formula is C13H15NO5. The Morgan fingerprint density at radius 1 is 1.58 bits per heavy atom. The van der Waals surface area contributed by atoms with Gasteiger partial charge < -0.3 is 9.47 Å². The number of ketones is 1. The van der Waals surface area contributed by atoms with Gasteiger partial charge in [0.2, 0.25) is 0 Å². The minimum atomic E-state index is -0.544. The van der Waals surface area contributed by atoms with Gasteiger partial charge in [0.1, 0.15) is 6.61 Å². The van der Waals surface area contributed by atoms with Crippen molar-refractivity contribution in [1.29, 1.82) is 0 Å². The van der Waals surface area contributed by atoms with Gasteiger partial charge in [-0.1, -0.05) is 0 Å². The Bertz CT molecular complexity index is 494. The van der Waals surface area contributed by atoms with Gasteiger partial charge in [-0.05, 0) is 31.9 Å². The van der Waals surface area contributed by atoms with E-state index < -0.39 is 4.92 Å². The van der Waals surface area contributed by atoms with E-state index >= 15 is 0 Å². The van der Waals surface area contributed by atoms with Crippen molar-refractivity contribution in [3.8, 4) is 5.75 Å². The molecule has 0 spiro atoms. The van der Waals surface area contributed by atoms with Crippen LogP contribution in [0, 0.1) is 10.1 Å². The Hall–Kier alpha value is -1.95. The largest absolute Gasteiger partial charge is 0.484 e. The van der Waals surface area contributed by atoms with Crippen molar-refractivity contribution < 1.29 is 19.2 Å². The maximum Gasteiger partial charge on any atom is 0.311 e. The minimum absolute atomic E-state index is 0.00733. The van der Waals surface area contributed by atoms with E-state index in [0.717, 1.165) is 12.8 Å². The second-order valence-electron chi connectivity index (χ2n) is 4.44. The summed E-state index contributed by atoms with van der Waals surface area (Å²) in [4.78, 5) is 21.6. The van der Waals surface area contributed by atoms with Crippen molar-refractivity contribution in [1.82, 2.24) is 0 Å². The van der Waals surface area contributed by atoms with Crippen molar-refractivity contribution in [2.75, 3.05) is 13.2 Å². The topological polar surface area (TPSA) is 78.7 Å². The second-order valence-corrected chi connectivity index (χ2v) is 4.44. The van der Waals surface area contributed by atoms with Gasteiger partial charge in [0.05, 0.1) is 11.0 Å². The average molecular weight is 265 g/mol. The highest BCUT2D eigenvalue weighted by Crippen LogP contribution is 2.29. The molecule has 1 unspecified atom stereocenters. The van der Waals surface area contributed by atoms with Crippen LogP contribution in [-0.2, 0) is 4.74 Å². The Morgan fingerprint density at radius 3 is 2.95 bits per heavy atom. The zero-order chi connectivity index (χ0) is 13.8. The van der Waals surface area contributed by atoms with Crippen LogP contribution in [0.5, 0.6) is 5.75 Å². The van der Waals surface area contributed by atoms with E-state index in [4.69, 9.17) is 9.47 Å². The quantitative estimate of drug-likeness (QED) is 0.464. The maximum absolute atomic E-state index is 11.2. The molecule has 1 saturated heterocycles. The van der Waals surface area contributed by atoms with Crippen LogP contribution in [0.4, 0.5) is 5.69 Å². The van der Waals surface area contributed by atoms with Gasteiger partial charge in [-0.25, -0.2) is 0 Å². The van der Waals surface area contributed by atoms with Crippen LogP contribution in [0.3, 0.4) is 0 Å². The van der Waals surface area contributed by atoms with E-state index in [2.05, 4.69) is 0 Å². The molecule has 102 valence electrons. The Kier molecular flexibility index (Phi) is 4.11. The molecular weight excluding hydrogens is 250 g/mol. The summed E-state index contributed by atoms with van der Waals surface area (Å²) in [6, 6.07) is 4.23. The van der Waals surface area contributed by atoms with Crippen LogP contribution in [0.2, 0.25) is 0 Å². The number of carbonyl (C=O) groups is 1. The number of hydrogen-bond acceptors (Lipinski definition) is 5. The lowest BCUT2D eigenvalue weighted by molar-refractivity contribution is -0.385. The highest BCUT2D eigenvalue weighted by molar-refractivity contribution is 5.95. The fraction of sp³-hybridized carbons (Fsp3) is 0.462. The van der Waals surface area contributed by atoms with Gasteiger partial charge in [-0.2, -0.15) is 0 Å². The molecule has 6 nitrogen and oxygen atoms in total. The number of nitro benzene ring substituents is 1. The van der Waals surface area contributed by atoms with Crippen molar-refractivity contribution in [2.45, 2.75) is 25.9 Å². The molecule has 1 aliphatic heterocycles. The fourth-order valence-corrected chi connectivity index (χ4v) is 1.96. The number of nitrogens with zero attached hydrogens (tertiary/aromatic N) is 1. The predicted octanol–water partition coefficient (Wildman–Crippen LogP) is 2.36. The summed E-state index contributed by atoms with van der Waals surface area (Å²) in [5.74, 6) is -0.0423. The lowest BCUT2D eigenvalue weighted by Gasteiger charge is -2.11. The Balaban J connectivity index is 2.14. The first-order valence-electron chi connectivity index (χ1n) is 6.11. The monoisotopic (exact) mass is 265 g/mol. The summed E-state index contributed by atoms with van der Waals surface area (Å²) >= 11 is 0. The number of hydrogen-bond donors (Lipinski definition) is 0. The van der Waals surface area contributed by atoms with Crippen LogP contribution >= 0.6 is 0 Å². The summed E-state index contributed by atoms with van der Waals surface area (Å²) in [6.07, 6.45) is 1.88. The first kappa shape index (κ1) is 13.5. The molecule has 1 atom stereocenters. The zero-order valence-corrected chi connectivity index (χ0v) is 10.6. The van der Waals surface area contributed by atoms with Gasteiger partial charge >= 0.3 is 5.69 Å². The van der Waals surface area contributed by atoms with Crippen molar-refractivity contribution in [3.05, 3.63) is 33.9 Å². The third kappa shape index (κ3) is 3.29. The Labute approximate surface area is 110 Å². The van der Waals surface area contributed by atoms with Gasteiger partial charge in [0.15, 0.2) is 11.5 Å². The van der Waals surface area contributed by atoms with Crippen LogP contribution in [0.1, 0.15) is 30.1 Å². The molecule has 2 rings (SSSR count). The minimum Gasteiger partial charge on any atom is -0.484 e. The summed E-state index contributed by atoms with van der Waals surface area (Å²) < 4.78 is 10.8. The van der Waals surface area contributed by atoms with E-state index in [1.807, 2.05) is 0 Å².